The molecule has 0 fully saturated rings. The number of para-hydroxylation sites is 1. The summed E-state index contributed by atoms with van der Waals surface area (Å²) in [5.74, 6) is -0.818. The summed E-state index contributed by atoms with van der Waals surface area (Å²) in [5.41, 5.74) is 0.950. The van der Waals surface area contributed by atoms with Crippen molar-refractivity contribution in [2.75, 3.05) is 18.0 Å². The minimum absolute atomic E-state index is 0.0824. The Bertz CT molecular complexity index is 365. The van der Waals surface area contributed by atoms with Gasteiger partial charge in [-0.1, -0.05) is 36.4 Å². The topological polar surface area (TPSA) is 40.5 Å². The van der Waals surface area contributed by atoms with Gasteiger partial charge in [0.15, 0.2) is 0 Å². The summed E-state index contributed by atoms with van der Waals surface area (Å²) in [5, 5.41) is 9.16. The molecule has 0 saturated carbocycles. The van der Waals surface area contributed by atoms with Crippen molar-refractivity contribution in [3.05, 3.63) is 41.9 Å². The van der Waals surface area contributed by atoms with E-state index in [0.717, 1.165) is 5.69 Å². The van der Waals surface area contributed by atoms with E-state index in [2.05, 4.69) is 6.58 Å². The Labute approximate surface area is 100.0 Å². The SMILES string of the molecule is C=C(Cl)CN(CCC(=O)O)c1ccccc1. The van der Waals surface area contributed by atoms with Gasteiger partial charge < -0.3 is 10.0 Å². The molecule has 0 spiro atoms. The van der Waals surface area contributed by atoms with Gasteiger partial charge in [-0.2, -0.15) is 0 Å². The molecule has 0 radical (unpaired) electrons. The van der Waals surface area contributed by atoms with E-state index < -0.39 is 5.97 Å². The lowest BCUT2D eigenvalue weighted by atomic mass is 10.2. The van der Waals surface area contributed by atoms with Crippen LogP contribution in [0.5, 0.6) is 0 Å². The van der Waals surface area contributed by atoms with Crippen molar-refractivity contribution < 1.29 is 9.90 Å². The number of anilines is 1. The largest absolute Gasteiger partial charge is 0.481 e. The lowest BCUT2D eigenvalue weighted by Crippen LogP contribution is -2.27. The molecule has 86 valence electrons. The maximum atomic E-state index is 10.5. The summed E-state index contributed by atoms with van der Waals surface area (Å²) in [6.45, 7) is 4.50. The van der Waals surface area contributed by atoms with Gasteiger partial charge in [0.2, 0.25) is 0 Å². The van der Waals surface area contributed by atoms with Crippen LogP contribution in [0.1, 0.15) is 6.42 Å². The highest BCUT2D eigenvalue weighted by Crippen LogP contribution is 2.15. The lowest BCUT2D eigenvalue weighted by molar-refractivity contribution is -0.136. The number of hydrogen-bond acceptors (Lipinski definition) is 2. The Morgan fingerprint density at radius 3 is 2.50 bits per heavy atom. The average Bonchev–Trinajstić information content (AvgIpc) is 2.25. The molecule has 0 bridgehead atoms. The highest BCUT2D eigenvalue weighted by atomic mass is 35.5. The number of aliphatic carboxylic acids is 1. The van der Waals surface area contributed by atoms with Crippen molar-refractivity contribution in [2.45, 2.75) is 6.42 Å². The maximum absolute atomic E-state index is 10.5. The number of benzene rings is 1. The molecule has 1 rings (SSSR count). The molecular formula is C12H14ClNO2. The van der Waals surface area contributed by atoms with Gasteiger partial charge in [-0.25, -0.2) is 0 Å². The molecular weight excluding hydrogens is 226 g/mol. The summed E-state index contributed by atoms with van der Waals surface area (Å²) in [4.78, 5) is 12.4. The third-order valence-electron chi connectivity index (χ3n) is 2.08. The molecule has 0 aromatic heterocycles. The summed E-state index contributed by atoms with van der Waals surface area (Å²) < 4.78 is 0. The van der Waals surface area contributed by atoms with Gasteiger partial charge >= 0.3 is 5.97 Å². The van der Waals surface area contributed by atoms with Crippen LogP contribution in [0.25, 0.3) is 0 Å². The fraction of sp³-hybridized carbons (Fsp3) is 0.250. The van der Waals surface area contributed by atoms with Crippen LogP contribution in [-0.4, -0.2) is 24.2 Å². The van der Waals surface area contributed by atoms with E-state index >= 15 is 0 Å². The van der Waals surface area contributed by atoms with Crippen molar-refractivity contribution in [2.24, 2.45) is 0 Å². The second-order valence-electron chi connectivity index (χ2n) is 3.42. The Kier molecular flexibility index (Phi) is 4.86. The van der Waals surface area contributed by atoms with Crippen LogP contribution in [0.2, 0.25) is 0 Å². The second kappa shape index (κ2) is 6.18. The molecule has 0 unspecified atom stereocenters. The number of carboxylic acid groups (broad SMARTS) is 1. The zero-order valence-corrected chi connectivity index (χ0v) is 9.65. The van der Waals surface area contributed by atoms with E-state index in [1.165, 1.54) is 0 Å². The number of rotatable bonds is 6. The Morgan fingerprint density at radius 2 is 2.00 bits per heavy atom. The standard InChI is InChI=1S/C12H14ClNO2/c1-10(13)9-14(8-7-12(15)16)11-5-3-2-4-6-11/h2-6H,1,7-9H2,(H,15,16). The lowest BCUT2D eigenvalue weighted by Gasteiger charge is -2.23. The minimum Gasteiger partial charge on any atom is -0.481 e. The molecule has 1 aromatic rings. The van der Waals surface area contributed by atoms with E-state index in [1.54, 1.807) is 0 Å². The van der Waals surface area contributed by atoms with Gasteiger partial charge in [-0.05, 0) is 12.1 Å². The summed E-state index contributed by atoms with van der Waals surface area (Å²) in [6.07, 6.45) is 0.0824. The molecule has 16 heavy (non-hydrogen) atoms. The molecule has 0 aliphatic carbocycles. The normalized spacial score (nSPS) is 9.81. The van der Waals surface area contributed by atoms with Crippen molar-refractivity contribution in [3.8, 4) is 0 Å². The first kappa shape index (κ1) is 12.6. The number of halogens is 1. The van der Waals surface area contributed by atoms with Gasteiger partial charge in [-0.15, -0.1) is 0 Å². The average molecular weight is 240 g/mol. The first-order valence-electron chi connectivity index (χ1n) is 4.94. The molecule has 0 aliphatic heterocycles. The fourth-order valence-electron chi connectivity index (χ4n) is 1.38. The molecule has 0 saturated heterocycles. The van der Waals surface area contributed by atoms with E-state index in [-0.39, 0.29) is 6.42 Å². The van der Waals surface area contributed by atoms with Crippen molar-refractivity contribution in [3.63, 3.8) is 0 Å². The minimum atomic E-state index is -0.818. The Balaban J connectivity index is 2.71. The van der Waals surface area contributed by atoms with E-state index in [1.807, 2.05) is 35.2 Å². The van der Waals surface area contributed by atoms with Gasteiger partial charge in [0.1, 0.15) is 0 Å². The van der Waals surface area contributed by atoms with E-state index in [4.69, 9.17) is 16.7 Å². The first-order valence-corrected chi connectivity index (χ1v) is 5.32. The van der Waals surface area contributed by atoms with Crippen molar-refractivity contribution in [1.82, 2.24) is 0 Å². The van der Waals surface area contributed by atoms with Gasteiger partial charge in [0, 0.05) is 17.3 Å². The van der Waals surface area contributed by atoms with Crippen molar-refractivity contribution in [1.29, 1.82) is 0 Å². The van der Waals surface area contributed by atoms with Crippen LogP contribution in [0.15, 0.2) is 41.9 Å². The maximum Gasteiger partial charge on any atom is 0.305 e. The van der Waals surface area contributed by atoms with Crippen LogP contribution in [0.4, 0.5) is 5.69 Å². The predicted molar refractivity (Wildman–Crippen MR) is 65.9 cm³/mol. The molecule has 0 amide bonds. The van der Waals surface area contributed by atoms with Crippen LogP contribution in [0, 0.1) is 0 Å². The van der Waals surface area contributed by atoms with E-state index in [9.17, 15) is 4.79 Å². The zero-order chi connectivity index (χ0) is 12.0. The summed E-state index contributed by atoms with van der Waals surface area (Å²) >= 11 is 5.75. The summed E-state index contributed by atoms with van der Waals surface area (Å²) in [6, 6.07) is 9.55. The molecule has 0 atom stereocenters. The molecule has 0 aliphatic rings. The third-order valence-corrected chi connectivity index (χ3v) is 2.20. The van der Waals surface area contributed by atoms with Crippen LogP contribution >= 0.6 is 11.6 Å². The highest BCUT2D eigenvalue weighted by Gasteiger charge is 2.08. The Morgan fingerprint density at radius 1 is 1.38 bits per heavy atom. The number of hydrogen-bond donors (Lipinski definition) is 1. The van der Waals surface area contributed by atoms with Crippen LogP contribution in [-0.2, 0) is 4.79 Å². The first-order chi connectivity index (χ1) is 7.59. The van der Waals surface area contributed by atoms with Crippen LogP contribution in [0.3, 0.4) is 0 Å². The van der Waals surface area contributed by atoms with Crippen molar-refractivity contribution >= 4 is 23.3 Å². The fourth-order valence-corrected chi connectivity index (χ4v) is 1.52. The molecule has 4 heteroatoms. The quantitative estimate of drug-likeness (QED) is 0.830. The monoisotopic (exact) mass is 239 g/mol. The van der Waals surface area contributed by atoms with Gasteiger partial charge in [0.25, 0.3) is 0 Å². The molecule has 1 aromatic carbocycles. The van der Waals surface area contributed by atoms with E-state index in [0.29, 0.717) is 18.1 Å². The van der Waals surface area contributed by atoms with Crippen LogP contribution < -0.4 is 4.90 Å². The molecule has 0 heterocycles. The Hall–Kier alpha value is -1.48. The number of carbonyl (C=O) groups is 1. The third kappa shape index (κ3) is 4.36. The highest BCUT2D eigenvalue weighted by molar-refractivity contribution is 6.29. The number of carboxylic acids is 1. The van der Waals surface area contributed by atoms with Gasteiger partial charge in [-0.3, -0.25) is 4.79 Å². The second-order valence-corrected chi connectivity index (χ2v) is 3.95. The summed E-state index contributed by atoms with van der Waals surface area (Å²) in [7, 11) is 0. The smallest absolute Gasteiger partial charge is 0.305 e. The zero-order valence-electron chi connectivity index (χ0n) is 8.90. The molecule has 1 N–H and O–H groups in total. The number of nitrogens with zero attached hydrogens (tertiary/aromatic N) is 1. The van der Waals surface area contributed by atoms with Gasteiger partial charge in [0.05, 0.1) is 13.0 Å². The molecule has 3 nitrogen and oxygen atoms in total. The predicted octanol–water partition coefficient (Wildman–Crippen LogP) is 2.72.